The minimum absolute atomic E-state index is 0.0242. The summed E-state index contributed by atoms with van der Waals surface area (Å²) in [6.45, 7) is -0.220. The van der Waals surface area contributed by atoms with Crippen LogP contribution in [0.5, 0.6) is 11.5 Å². The highest BCUT2D eigenvalue weighted by Crippen LogP contribution is 2.27. The number of anilines is 1. The maximum Gasteiger partial charge on any atom is 0.341 e. The van der Waals surface area contributed by atoms with Gasteiger partial charge in [0.2, 0.25) is 0 Å². The molecule has 6 nitrogen and oxygen atoms in total. The summed E-state index contributed by atoms with van der Waals surface area (Å²) in [7, 11) is 1.21. The summed E-state index contributed by atoms with van der Waals surface area (Å²) in [5.74, 6) is -0.926. The summed E-state index contributed by atoms with van der Waals surface area (Å²) in [6, 6.07) is 11.6. The number of para-hydroxylation sites is 1. The third kappa shape index (κ3) is 4.59. The van der Waals surface area contributed by atoms with E-state index < -0.39 is 11.9 Å². The van der Waals surface area contributed by atoms with Crippen LogP contribution in [0.25, 0.3) is 0 Å². The quantitative estimate of drug-likeness (QED) is 0.436. The number of hydrogen-bond donors (Lipinski definition) is 2. The monoisotopic (exact) mass is 427 g/mol. The second-order valence-electron chi connectivity index (χ2n) is 4.48. The number of hydrogen-bond acceptors (Lipinski definition) is 5. The van der Waals surface area contributed by atoms with Gasteiger partial charge in [0, 0.05) is 3.57 Å². The molecule has 2 rings (SSSR count). The molecule has 0 saturated carbocycles. The molecule has 0 unspecified atom stereocenters. The number of phenols is 1. The number of nitrogens with one attached hydrogen (secondary N) is 1. The van der Waals surface area contributed by atoms with E-state index in [1.165, 1.54) is 25.3 Å². The van der Waals surface area contributed by atoms with Crippen LogP contribution in [0.3, 0.4) is 0 Å². The average Bonchev–Trinajstić information content (AvgIpc) is 2.55. The van der Waals surface area contributed by atoms with Crippen molar-refractivity contribution in [2.24, 2.45) is 0 Å². The molecule has 0 heterocycles. The average molecular weight is 427 g/mol. The first kappa shape index (κ1) is 17.1. The van der Waals surface area contributed by atoms with Crippen LogP contribution in [-0.2, 0) is 9.53 Å². The SMILES string of the molecule is COC(=O)c1cccc(NC(=O)COc2ccc(I)cc2)c1O. The summed E-state index contributed by atoms with van der Waals surface area (Å²) >= 11 is 2.17. The van der Waals surface area contributed by atoms with Crippen molar-refractivity contribution in [2.75, 3.05) is 19.0 Å². The maximum atomic E-state index is 11.9. The number of carbonyl (C=O) groups is 2. The smallest absolute Gasteiger partial charge is 0.341 e. The predicted molar refractivity (Wildman–Crippen MR) is 92.7 cm³/mol. The first-order chi connectivity index (χ1) is 11.0. The van der Waals surface area contributed by atoms with Gasteiger partial charge in [-0.25, -0.2) is 4.79 Å². The van der Waals surface area contributed by atoms with Crippen LogP contribution in [-0.4, -0.2) is 30.7 Å². The summed E-state index contributed by atoms with van der Waals surface area (Å²) in [6.07, 6.45) is 0. The van der Waals surface area contributed by atoms with Gasteiger partial charge < -0.3 is 19.9 Å². The minimum Gasteiger partial charge on any atom is -0.505 e. The normalized spacial score (nSPS) is 10.0. The van der Waals surface area contributed by atoms with Crippen molar-refractivity contribution < 1.29 is 24.2 Å². The number of amides is 1. The molecule has 1 amide bonds. The third-order valence-electron chi connectivity index (χ3n) is 2.90. The largest absolute Gasteiger partial charge is 0.505 e. The van der Waals surface area contributed by atoms with Gasteiger partial charge in [-0.2, -0.15) is 0 Å². The van der Waals surface area contributed by atoms with Gasteiger partial charge in [0.1, 0.15) is 11.3 Å². The lowest BCUT2D eigenvalue weighted by Crippen LogP contribution is -2.20. The number of esters is 1. The highest BCUT2D eigenvalue weighted by Gasteiger charge is 2.16. The lowest BCUT2D eigenvalue weighted by Gasteiger charge is -2.10. The van der Waals surface area contributed by atoms with E-state index in [0.717, 1.165) is 3.57 Å². The van der Waals surface area contributed by atoms with E-state index >= 15 is 0 Å². The summed E-state index contributed by atoms with van der Waals surface area (Å²) in [4.78, 5) is 23.4. The Hall–Kier alpha value is -2.29. The summed E-state index contributed by atoms with van der Waals surface area (Å²) in [5.41, 5.74) is 0.0907. The number of halogens is 1. The van der Waals surface area contributed by atoms with Crippen LogP contribution in [0.2, 0.25) is 0 Å². The molecule has 120 valence electrons. The first-order valence-corrected chi connectivity index (χ1v) is 7.67. The van der Waals surface area contributed by atoms with Crippen LogP contribution in [0.15, 0.2) is 42.5 Å². The van der Waals surface area contributed by atoms with E-state index in [1.807, 2.05) is 12.1 Å². The van der Waals surface area contributed by atoms with E-state index in [-0.39, 0.29) is 23.6 Å². The van der Waals surface area contributed by atoms with Crippen molar-refractivity contribution in [2.45, 2.75) is 0 Å². The zero-order valence-corrected chi connectivity index (χ0v) is 14.4. The Morgan fingerprint density at radius 3 is 2.52 bits per heavy atom. The number of ether oxygens (including phenoxy) is 2. The van der Waals surface area contributed by atoms with E-state index in [9.17, 15) is 14.7 Å². The molecule has 0 atom stereocenters. The highest BCUT2D eigenvalue weighted by atomic mass is 127. The molecular weight excluding hydrogens is 413 g/mol. The van der Waals surface area contributed by atoms with E-state index in [1.54, 1.807) is 12.1 Å². The van der Waals surface area contributed by atoms with Crippen molar-refractivity contribution in [1.82, 2.24) is 0 Å². The molecule has 0 saturated heterocycles. The number of rotatable bonds is 5. The molecule has 0 radical (unpaired) electrons. The number of methoxy groups -OCH3 is 1. The van der Waals surface area contributed by atoms with Crippen molar-refractivity contribution in [1.29, 1.82) is 0 Å². The maximum absolute atomic E-state index is 11.9. The second-order valence-corrected chi connectivity index (χ2v) is 5.73. The molecule has 2 N–H and O–H groups in total. The van der Waals surface area contributed by atoms with Gasteiger partial charge in [0.05, 0.1) is 12.8 Å². The number of carbonyl (C=O) groups excluding carboxylic acids is 2. The Labute approximate surface area is 146 Å². The zero-order valence-electron chi connectivity index (χ0n) is 12.2. The Balaban J connectivity index is 2.00. The predicted octanol–water partition coefficient (Wildman–Crippen LogP) is 2.80. The van der Waals surface area contributed by atoms with Crippen molar-refractivity contribution in [3.05, 3.63) is 51.6 Å². The van der Waals surface area contributed by atoms with Crippen LogP contribution in [0.1, 0.15) is 10.4 Å². The van der Waals surface area contributed by atoms with Crippen LogP contribution in [0.4, 0.5) is 5.69 Å². The molecule has 0 bridgehead atoms. The lowest BCUT2D eigenvalue weighted by atomic mass is 10.1. The van der Waals surface area contributed by atoms with Crippen LogP contribution < -0.4 is 10.1 Å². The fraction of sp³-hybridized carbons (Fsp3) is 0.125. The molecule has 0 aliphatic heterocycles. The van der Waals surface area contributed by atoms with E-state index in [4.69, 9.17) is 4.74 Å². The van der Waals surface area contributed by atoms with Gasteiger partial charge in [-0.3, -0.25) is 4.79 Å². The molecule has 0 aliphatic carbocycles. The molecule has 0 spiro atoms. The number of phenolic OH excluding ortho intramolecular Hbond substituents is 1. The fourth-order valence-corrected chi connectivity index (χ4v) is 2.14. The zero-order chi connectivity index (χ0) is 16.8. The Kier molecular flexibility index (Phi) is 5.80. The molecule has 23 heavy (non-hydrogen) atoms. The van der Waals surface area contributed by atoms with Gasteiger partial charge in [-0.1, -0.05) is 6.07 Å². The molecule has 7 heteroatoms. The van der Waals surface area contributed by atoms with Crippen molar-refractivity contribution in [3.63, 3.8) is 0 Å². The Morgan fingerprint density at radius 1 is 1.17 bits per heavy atom. The van der Waals surface area contributed by atoms with Crippen molar-refractivity contribution in [3.8, 4) is 11.5 Å². The van der Waals surface area contributed by atoms with E-state index in [2.05, 4.69) is 32.6 Å². The highest BCUT2D eigenvalue weighted by molar-refractivity contribution is 14.1. The lowest BCUT2D eigenvalue weighted by molar-refractivity contribution is -0.118. The fourth-order valence-electron chi connectivity index (χ4n) is 1.79. The van der Waals surface area contributed by atoms with Gasteiger partial charge in [0.25, 0.3) is 5.91 Å². The van der Waals surface area contributed by atoms with E-state index in [0.29, 0.717) is 5.75 Å². The summed E-state index contributed by atoms with van der Waals surface area (Å²) < 4.78 is 11.0. The molecule has 0 aliphatic rings. The van der Waals surface area contributed by atoms with Gasteiger partial charge in [-0.05, 0) is 59.0 Å². The molecule has 2 aromatic carbocycles. The van der Waals surface area contributed by atoms with Crippen LogP contribution >= 0.6 is 22.6 Å². The van der Waals surface area contributed by atoms with Crippen LogP contribution in [0, 0.1) is 3.57 Å². The standard InChI is InChI=1S/C16H14INO5/c1-22-16(21)12-3-2-4-13(15(12)20)18-14(19)9-23-11-7-5-10(17)6-8-11/h2-8,20H,9H2,1H3,(H,18,19). The Bertz CT molecular complexity index is 715. The second kappa shape index (κ2) is 7.82. The van der Waals surface area contributed by atoms with Gasteiger partial charge in [-0.15, -0.1) is 0 Å². The van der Waals surface area contributed by atoms with Gasteiger partial charge >= 0.3 is 5.97 Å². The molecule has 0 fully saturated rings. The number of benzene rings is 2. The number of aromatic hydroxyl groups is 1. The van der Waals surface area contributed by atoms with Crippen molar-refractivity contribution >= 4 is 40.2 Å². The topological polar surface area (TPSA) is 84.9 Å². The molecular formula is C16H14INO5. The third-order valence-corrected chi connectivity index (χ3v) is 3.62. The van der Waals surface area contributed by atoms with Gasteiger partial charge in [0.15, 0.2) is 12.4 Å². The Morgan fingerprint density at radius 2 is 1.87 bits per heavy atom. The molecule has 0 aromatic heterocycles. The molecule has 2 aromatic rings. The minimum atomic E-state index is -0.686. The first-order valence-electron chi connectivity index (χ1n) is 6.59. The summed E-state index contributed by atoms with van der Waals surface area (Å²) in [5, 5.41) is 12.5.